The van der Waals surface area contributed by atoms with Crippen LogP contribution in [0.1, 0.15) is 19.4 Å². The highest BCUT2D eigenvalue weighted by Crippen LogP contribution is 2.30. The second-order valence-corrected chi connectivity index (χ2v) is 6.61. The maximum absolute atomic E-state index is 12.1. The van der Waals surface area contributed by atoms with Gasteiger partial charge in [0, 0.05) is 19.2 Å². The molecule has 1 aliphatic rings. The molecule has 114 valence electrons. The van der Waals surface area contributed by atoms with E-state index in [2.05, 4.69) is 4.72 Å². The SMILES string of the molecule is CC(=O)N1CCc2cc(S(=O)(=O)N[C@H](C)C(=O)O)ccc21. The first-order valence-corrected chi connectivity index (χ1v) is 7.87. The summed E-state index contributed by atoms with van der Waals surface area (Å²) in [6.07, 6.45) is 0.576. The first kappa shape index (κ1) is 15.5. The van der Waals surface area contributed by atoms with E-state index in [4.69, 9.17) is 5.11 Å². The smallest absolute Gasteiger partial charge is 0.321 e. The Bertz CT molecular complexity index is 699. The average molecular weight is 312 g/mol. The predicted molar refractivity (Wildman–Crippen MR) is 75.6 cm³/mol. The van der Waals surface area contributed by atoms with Crippen LogP contribution in [-0.2, 0) is 26.0 Å². The van der Waals surface area contributed by atoms with Crippen molar-refractivity contribution in [3.8, 4) is 0 Å². The number of hydrogen-bond acceptors (Lipinski definition) is 4. The number of carbonyl (C=O) groups is 2. The third kappa shape index (κ3) is 3.06. The Morgan fingerprint density at radius 3 is 2.62 bits per heavy atom. The summed E-state index contributed by atoms with van der Waals surface area (Å²) < 4.78 is 26.3. The van der Waals surface area contributed by atoms with Crippen LogP contribution >= 0.6 is 0 Å². The molecular formula is C13H16N2O5S. The van der Waals surface area contributed by atoms with Crippen LogP contribution in [0.3, 0.4) is 0 Å². The zero-order chi connectivity index (χ0) is 15.8. The van der Waals surface area contributed by atoms with E-state index in [-0.39, 0.29) is 10.8 Å². The lowest BCUT2D eigenvalue weighted by Crippen LogP contribution is -2.38. The predicted octanol–water partition coefficient (Wildman–Crippen LogP) is 0.347. The van der Waals surface area contributed by atoms with Crippen LogP contribution in [0.2, 0.25) is 0 Å². The number of benzene rings is 1. The zero-order valence-corrected chi connectivity index (χ0v) is 12.5. The van der Waals surface area contributed by atoms with E-state index < -0.39 is 22.0 Å². The van der Waals surface area contributed by atoms with Crippen molar-refractivity contribution < 1.29 is 23.1 Å². The van der Waals surface area contributed by atoms with E-state index in [1.54, 1.807) is 11.0 Å². The van der Waals surface area contributed by atoms with Gasteiger partial charge in [-0.3, -0.25) is 9.59 Å². The zero-order valence-electron chi connectivity index (χ0n) is 11.7. The van der Waals surface area contributed by atoms with Crippen LogP contribution in [0, 0.1) is 0 Å². The molecule has 0 bridgehead atoms. The molecule has 8 heteroatoms. The number of carbonyl (C=O) groups excluding carboxylic acids is 1. The molecule has 7 nitrogen and oxygen atoms in total. The van der Waals surface area contributed by atoms with Crippen molar-refractivity contribution in [1.82, 2.24) is 4.72 Å². The minimum absolute atomic E-state index is 0.000230. The fourth-order valence-electron chi connectivity index (χ4n) is 2.22. The minimum Gasteiger partial charge on any atom is -0.480 e. The van der Waals surface area contributed by atoms with E-state index in [9.17, 15) is 18.0 Å². The third-order valence-electron chi connectivity index (χ3n) is 3.34. The fourth-order valence-corrected chi connectivity index (χ4v) is 3.47. The number of rotatable bonds is 4. The molecule has 0 saturated carbocycles. The highest BCUT2D eigenvalue weighted by molar-refractivity contribution is 7.89. The van der Waals surface area contributed by atoms with Gasteiger partial charge < -0.3 is 10.0 Å². The molecule has 1 heterocycles. The number of hydrogen-bond donors (Lipinski definition) is 2. The van der Waals surface area contributed by atoms with Crippen molar-refractivity contribution >= 4 is 27.6 Å². The van der Waals surface area contributed by atoms with Crippen LogP contribution in [0.4, 0.5) is 5.69 Å². The molecule has 1 atom stereocenters. The van der Waals surface area contributed by atoms with Gasteiger partial charge in [-0.15, -0.1) is 0 Å². The van der Waals surface area contributed by atoms with Crippen molar-refractivity contribution in [3.63, 3.8) is 0 Å². The number of carboxylic acid groups (broad SMARTS) is 1. The molecule has 0 fully saturated rings. The van der Waals surface area contributed by atoms with Crippen LogP contribution in [0.5, 0.6) is 0 Å². The monoisotopic (exact) mass is 312 g/mol. The summed E-state index contributed by atoms with van der Waals surface area (Å²) in [5, 5.41) is 8.77. The molecule has 1 amide bonds. The summed E-state index contributed by atoms with van der Waals surface area (Å²) in [6.45, 7) is 3.23. The van der Waals surface area contributed by atoms with Crippen LogP contribution in [0.25, 0.3) is 0 Å². The van der Waals surface area contributed by atoms with Crippen molar-refractivity contribution in [2.24, 2.45) is 0 Å². The third-order valence-corrected chi connectivity index (χ3v) is 4.88. The van der Waals surface area contributed by atoms with E-state index in [0.29, 0.717) is 18.7 Å². The van der Waals surface area contributed by atoms with E-state index in [1.807, 2.05) is 0 Å². The van der Waals surface area contributed by atoms with Gasteiger partial charge in [0.25, 0.3) is 0 Å². The first-order valence-electron chi connectivity index (χ1n) is 6.38. The van der Waals surface area contributed by atoms with Gasteiger partial charge in [0.1, 0.15) is 6.04 Å². The molecule has 1 aliphatic heterocycles. The van der Waals surface area contributed by atoms with Gasteiger partial charge in [-0.2, -0.15) is 4.72 Å². The number of nitrogens with zero attached hydrogens (tertiary/aromatic N) is 1. The van der Waals surface area contributed by atoms with Crippen molar-refractivity contribution in [2.45, 2.75) is 31.2 Å². The van der Waals surface area contributed by atoms with E-state index >= 15 is 0 Å². The van der Waals surface area contributed by atoms with Gasteiger partial charge in [-0.05, 0) is 37.1 Å². The molecule has 0 aliphatic carbocycles. The maximum Gasteiger partial charge on any atom is 0.321 e. The molecule has 0 spiro atoms. The van der Waals surface area contributed by atoms with Gasteiger partial charge in [0.05, 0.1) is 4.90 Å². The number of aliphatic carboxylic acids is 1. The van der Waals surface area contributed by atoms with Gasteiger partial charge in [0.2, 0.25) is 15.9 Å². The standard InChI is InChI=1S/C13H16N2O5S/c1-8(13(17)18)14-21(19,20)11-3-4-12-10(7-11)5-6-15(12)9(2)16/h3-4,7-8,14H,5-6H2,1-2H3,(H,17,18)/t8-/m1/s1. The molecule has 0 unspecified atom stereocenters. The lowest BCUT2D eigenvalue weighted by Gasteiger charge is -2.15. The number of amides is 1. The molecule has 0 aromatic heterocycles. The molecule has 2 rings (SSSR count). The number of anilines is 1. The summed E-state index contributed by atoms with van der Waals surface area (Å²) in [6, 6.07) is 3.22. The second-order valence-electron chi connectivity index (χ2n) is 4.89. The highest BCUT2D eigenvalue weighted by Gasteiger charge is 2.26. The normalized spacial score (nSPS) is 15.6. The Morgan fingerprint density at radius 1 is 1.38 bits per heavy atom. The van der Waals surface area contributed by atoms with Crippen LogP contribution < -0.4 is 9.62 Å². The molecule has 0 saturated heterocycles. The Labute approximate surface area is 122 Å². The minimum atomic E-state index is -3.90. The van der Waals surface area contributed by atoms with Gasteiger partial charge >= 0.3 is 5.97 Å². The highest BCUT2D eigenvalue weighted by atomic mass is 32.2. The maximum atomic E-state index is 12.1. The summed E-state index contributed by atoms with van der Waals surface area (Å²) in [5.74, 6) is -1.34. The van der Waals surface area contributed by atoms with Gasteiger partial charge in [-0.25, -0.2) is 8.42 Å². The number of nitrogens with one attached hydrogen (secondary N) is 1. The Kier molecular flexibility index (Phi) is 4.02. The van der Waals surface area contributed by atoms with Crippen molar-refractivity contribution in [2.75, 3.05) is 11.4 Å². The van der Waals surface area contributed by atoms with Crippen molar-refractivity contribution in [1.29, 1.82) is 0 Å². The molecular weight excluding hydrogens is 296 g/mol. The number of fused-ring (bicyclic) bond motifs is 1. The average Bonchev–Trinajstić information content (AvgIpc) is 2.80. The fraction of sp³-hybridized carbons (Fsp3) is 0.385. The Hall–Kier alpha value is -1.93. The Balaban J connectivity index is 2.31. The first-order chi connectivity index (χ1) is 9.72. The van der Waals surface area contributed by atoms with Crippen LogP contribution in [-0.4, -0.2) is 38.0 Å². The largest absolute Gasteiger partial charge is 0.480 e. The summed E-state index contributed by atoms with van der Waals surface area (Å²) in [4.78, 5) is 23.8. The van der Waals surface area contributed by atoms with Gasteiger partial charge in [0.15, 0.2) is 0 Å². The number of sulfonamides is 1. The molecule has 2 N–H and O–H groups in total. The number of carboxylic acids is 1. The lowest BCUT2D eigenvalue weighted by molar-refractivity contribution is -0.138. The topological polar surface area (TPSA) is 104 Å². The van der Waals surface area contributed by atoms with Gasteiger partial charge in [-0.1, -0.05) is 0 Å². The molecule has 1 aromatic rings. The Morgan fingerprint density at radius 2 is 2.05 bits per heavy atom. The quantitative estimate of drug-likeness (QED) is 0.834. The molecule has 0 radical (unpaired) electrons. The summed E-state index contributed by atoms with van der Waals surface area (Å²) >= 11 is 0. The second kappa shape index (κ2) is 5.45. The molecule has 1 aromatic carbocycles. The van der Waals surface area contributed by atoms with E-state index in [1.165, 1.54) is 26.0 Å². The molecule has 21 heavy (non-hydrogen) atoms. The van der Waals surface area contributed by atoms with E-state index in [0.717, 1.165) is 5.56 Å². The van der Waals surface area contributed by atoms with Crippen LogP contribution in [0.15, 0.2) is 23.1 Å². The summed E-state index contributed by atoms with van der Waals surface area (Å²) in [7, 11) is -3.90. The lowest BCUT2D eigenvalue weighted by atomic mass is 10.2. The summed E-state index contributed by atoms with van der Waals surface area (Å²) in [5.41, 5.74) is 1.46. The van der Waals surface area contributed by atoms with Crippen molar-refractivity contribution in [3.05, 3.63) is 23.8 Å².